The van der Waals surface area contributed by atoms with Crippen LogP contribution in [0.3, 0.4) is 0 Å². The van der Waals surface area contributed by atoms with Gasteiger partial charge in [-0.3, -0.25) is 9.59 Å². The quantitative estimate of drug-likeness (QED) is 0.653. The summed E-state index contributed by atoms with van der Waals surface area (Å²) in [4.78, 5) is 23.8. The summed E-state index contributed by atoms with van der Waals surface area (Å²) in [6.45, 7) is 6.42. The predicted molar refractivity (Wildman–Crippen MR) is 103 cm³/mol. The van der Waals surface area contributed by atoms with Gasteiger partial charge in [-0.25, -0.2) is 0 Å². The highest BCUT2D eigenvalue weighted by atomic mass is 16.5. The highest BCUT2D eigenvalue weighted by molar-refractivity contribution is 5.73. The van der Waals surface area contributed by atoms with Crippen LogP contribution in [0.25, 0.3) is 0 Å². The van der Waals surface area contributed by atoms with Crippen molar-refractivity contribution in [1.29, 1.82) is 0 Å². The lowest BCUT2D eigenvalue weighted by Crippen LogP contribution is -2.54. The van der Waals surface area contributed by atoms with Gasteiger partial charge in [0.2, 0.25) is 0 Å². The number of carbonyl (C=O) groups excluding carboxylic acids is 2. The monoisotopic (exact) mass is 376 g/mol. The molecule has 0 aliphatic heterocycles. The summed E-state index contributed by atoms with van der Waals surface area (Å²) in [6, 6.07) is 0. The number of esters is 2. The van der Waals surface area contributed by atoms with Crippen LogP contribution >= 0.6 is 0 Å². The first-order chi connectivity index (χ1) is 12.8. The molecule has 4 nitrogen and oxygen atoms in total. The minimum Gasteiger partial charge on any atom is -0.469 e. The fourth-order valence-corrected chi connectivity index (χ4v) is 8.09. The Morgan fingerprint density at radius 2 is 1.59 bits per heavy atom. The summed E-state index contributed by atoms with van der Waals surface area (Å²) in [7, 11) is 1.54. The van der Waals surface area contributed by atoms with Gasteiger partial charge >= 0.3 is 11.9 Å². The molecule has 0 radical (unpaired) electrons. The average Bonchev–Trinajstić information content (AvgIpc) is 2.98. The van der Waals surface area contributed by atoms with Crippen molar-refractivity contribution >= 4 is 11.9 Å². The Bertz CT molecular complexity index is 615. The van der Waals surface area contributed by atoms with Crippen LogP contribution in [0.1, 0.15) is 78.6 Å². The van der Waals surface area contributed by atoms with E-state index in [1.54, 1.807) is 7.11 Å². The van der Waals surface area contributed by atoms with Crippen LogP contribution in [-0.2, 0) is 19.1 Å². The normalized spacial score (nSPS) is 48.7. The minimum atomic E-state index is -0.134. The van der Waals surface area contributed by atoms with E-state index < -0.39 is 0 Å². The molecular formula is C23H36O4. The van der Waals surface area contributed by atoms with Crippen LogP contribution in [0.15, 0.2) is 0 Å². The van der Waals surface area contributed by atoms with Gasteiger partial charge in [0.25, 0.3) is 0 Å². The molecule has 0 heterocycles. The van der Waals surface area contributed by atoms with E-state index in [-0.39, 0.29) is 29.4 Å². The molecule has 0 unspecified atom stereocenters. The van der Waals surface area contributed by atoms with Gasteiger partial charge in [-0.2, -0.15) is 0 Å². The van der Waals surface area contributed by atoms with E-state index in [1.807, 2.05) is 0 Å². The van der Waals surface area contributed by atoms with E-state index in [4.69, 9.17) is 9.47 Å². The number of methoxy groups -OCH3 is 1. The zero-order valence-corrected chi connectivity index (χ0v) is 17.5. The second kappa shape index (κ2) is 6.77. The SMILES string of the molecule is COC(=O)[C@H]1CC[C@H]2[C@@H]3CC[C@H]4C[C@@H](OC(C)=O)CC[C@]4(C)[C@H]3CC[C@]12C. The molecule has 0 saturated heterocycles. The zero-order chi connectivity index (χ0) is 19.4. The van der Waals surface area contributed by atoms with Crippen LogP contribution in [0, 0.1) is 40.4 Å². The van der Waals surface area contributed by atoms with Crippen molar-refractivity contribution in [3.05, 3.63) is 0 Å². The smallest absolute Gasteiger partial charge is 0.309 e. The van der Waals surface area contributed by atoms with Gasteiger partial charge in [0.1, 0.15) is 6.10 Å². The van der Waals surface area contributed by atoms with E-state index in [0.717, 1.165) is 37.5 Å². The molecular weight excluding hydrogens is 340 g/mol. The Balaban J connectivity index is 1.53. The van der Waals surface area contributed by atoms with Gasteiger partial charge in [0.15, 0.2) is 0 Å². The molecule has 4 aliphatic carbocycles. The molecule has 0 bridgehead atoms. The Labute approximate surface area is 163 Å². The van der Waals surface area contributed by atoms with E-state index >= 15 is 0 Å². The van der Waals surface area contributed by atoms with Gasteiger partial charge in [-0.1, -0.05) is 13.8 Å². The van der Waals surface area contributed by atoms with Crippen LogP contribution < -0.4 is 0 Å². The van der Waals surface area contributed by atoms with Crippen LogP contribution in [0.4, 0.5) is 0 Å². The first kappa shape index (κ1) is 19.3. The van der Waals surface area contributed by atoms with E-state index in [0.29, 0.717) is 17.3 Å². The van der Waals surface area contributed by atoms with Crippen molar-refractivity contribution in [2.75, 3.05) is 7.11 Å². The Morgan fingerprint density at radius 3 is 2.30 bits per heavy atom. The lowest BCUT2D eigenvalue weighted by molar-refractivity contribution is -0.164. The average molecular weight is 377 g/mol. The van der Waals surface area contributed by atoms with Crippen molar-refractivity contribution in [2.24, 2.45) is 40.4 Å². The van der Waals surface area contributed by atoms with Crippen molar-refractivity contribution < 1.29 is 19.1 Å². The third kappa shape index (κ3) is 2.93. The standard InChI is InChI=1S/C23H36O4/c1-14(24)27-16-9-11-22(2)15(13-16)5-6-17-18-7-8-20(21(25)26-4)23(18,3)12-10-19(17)22/h15-20H,5-13H2,1-4H3/t15-,16-,17-,18-,19-,20+,22-,23-/m0/s1. The summed E-state index contributed by atoms with van der Waals surface area (Å²) in [5.41, 5.74) is 0.511. The highest BCUT2D eigenvalue weighted by Gasteiger charge is 2.61. The van der Waals surface area contributed by atoms with Crippen molar-refractivity contribution in [3.63, 3.8) is 0 Å². The molecule has 27 heavy (non-hydrogen) atoms. The summed E-state index contributed by atoms with van der Waals surface area (Å²) in [6.07, 6.45) is 10.5. The molecule has 0 N–H and O–H groups in total. The topological polar surface area (TPSA) is 52.6 Å². The molecule has 4 rings (SSSR count). The molecule has 4 aliphatic rings. The first-order valence-corrected chi connectivity index (χ1v) is 11.0. The molecule has 4 heteroatoms. The van der Waals surface area contributed by atoms with Gasteiger partial charge in [-0.15, -0.1) is 0 Å². The van der Waals surface area contributed by atoms with Gasteiger partial charge in [0, 0.05) is 6.92 Å². The number of ether oxygens (including phenoxy) is 2. The number of hydrogen-bond donors (Lipinski definition) is 0. The third-order valence-electron chi connectivity index (χ3n) is 9.44. The number of carbonyl (C=O) groups is 2. The van der Waals surface area contributed by atoms with E-state index in [2.05, 4.69) is 13.8 Å². The Morgan fingerprint density at radius 1 is 0.889 bits per heavy atom. The summed E-state index contributed by atoms with van der Waals surface area (Å²) < 4.78 is 10.7. The molecule has 152 valence electrons. The predicted octanol–water partition coefficient (Wildman–Crippen LogP) is 4.75. The number of rotatable bonds is 2. The molecule has 0 aromatic rings. The Hall–Kier alpha value is -1.06. The largest absolute Gasteiger partial charge is 0.469 e. The first-order valence-electron chi connectivity index (χ1n) is 11.0. The summed E-state index contributed by atoms with van der Waals surface area (Å²) >= 11 is 0. The van der Waals surface area contributed by atoms with Crippen LogP contribution in [-0.4, -0.2) is 25.2 Å². The molecule has 4 fully saturated rings. The fourth-order valence-electron chi connectivity index (χ4n) is 8.09. The third-order valence-corrected chi connectivity index (χ3v) is 9.44. The van der Waals surface area contributed by atoms with E-state index in [9.17, 15) is 9.59 Å². The summed E-state index contributed by atoms with van der Waals surface area (Å²) in [5.74, 6) is 2.85. The molecule has 0 spiro atoms. The second-order valence-electron chi connectivity index (χ2n) is 10.4. The second-order valence-corrected chi connectivity index (χ2v) is 10.4. The number of fused-ring (bicyclic) bond motifs is 5. The molecule has 4 saturated carbocycles. The van der Waals surface area contributed by atoms with E-state index in [1.165, 1.54) is 39.0 Å². The van der Waals surface area contributed by atoms with Gasteiger partial charge in [-0.05, 0) is 92.3 Å². The summed E-state index contributed by atoms with van der Waals surface area (Å²) in [5, 5.41) is 0. The van der Waals surface area contributed by atoms with Gasteiger partial charge < -0.3 is 9.47 Å². The molecule has 8 atom stereocenters. The van der Waals surface area contributed by atoms with Crippen molar-refractivity contribution in [1.82, 2.24) is 0 Å². The lowest BCUT2D eigenvalue weighted by Gasteiger charge is -2.60. The molecule has 0 amide bonds. The molecule has 0 aromatic heterocycles. The lowest BCUT2D eigenvalue weighted by atomic mass is 9.44. The molecule has 0 aromatic carbocycles. The maximum Gasteiger partial charge on any atom is 0.309 e. The fraction of sp³-hybridized carbons (Fsp3) is 0.913. The van der Waals surface area contributed by atoms with Crippen LogP contribution in [0.2, 0.25) is 0 Å². The van der Waals surface area contributed by atoms with Crippen LogP contribution in [0.5, 0.6) is 0 Å². The van der Waals surface area contributed by atoms with Crippen molar-refractivity contribution in [3.8, 4) is 0 Å². The van der Waals surface area contributed by atoms with Gasteiger partial charge in [0.05, 0.1) is 13.0 Å². The Kier molecular flexibility index (Phi) is 4.83. The maximum atomic E-state index is 12.4. The van der Waals surface area contributed by atoms with Crippen molar-refractivity contribution in [2.45, 2.75) is 84.7 Å². The highest BCUT2D eigenvalue weighted by Crippen LogP contribution is 2.67. The minimum absolute atomic E-state index is 0.0141. The zero-order valence-electron chi connectivity index (χ0n) is 17.5. The number of hydrogen-bond acceptors (Lipinski definition) is 4. The maximum absolute atomic E-state index is 12.4.